The van der Waals surface area contributed by atoms with E-state index in [0.29, 0.717) is 18.8 Å². The molecule has 0 spiro atoms. The molecule has 0 bridgehead atoms. The summed E-state index contributed by atoms with van der Waals surface area (Å²) in [5.74, 6) is 0.955. The number of anilines is 1. The van der Waals surface area contributed by atoms with Crippen LogP contribution in [0.2, 0.25) is 0 Å². The van der Waals surface area contributed by atoms with Gasteiger partial charge in [-0.05, 0) is 17.7 Å². The van der Waals surface area contributed by atoms with Gasteiger partial charge in [0.15, 0.2) is 0 Å². The molecule has 2 heterocycles. The zero-order valence-corrected chi connectivity index (χ0v) is 9.10. The zero-order valence-electron chi connectivity index (χ0n) is 9.10. The molecule has 84 valence electrons. The topological polar surface area (TPSA) is 59.2 Å². The number of nitrogens with zero attached hydrogens (tertiary/aromatic N) is 2. The van der Waals surface area contributed by atoms with E-state index in [9.17, 15) is 4.79 Å². The van der Waals surface area contributed by atoms with Gasteiger partial charge in [0.2, 0.25) is 5.91 Å². The van der Waals surface area contributed by atoms with Crippen LogP contribution in [0.1, 0.15) is 12.0 Å². The molecule has 1 amide bonds. The van der Waals surface area contributed by atoms with Gasteiger partial charge in [-0.3, -0.25) is 4.79 Å². The molecule has 0 aromatic carbocycles. The Morgan fingerprint density at radius 1 is 1.69 bits per heavy atom. The summed E-state index contributed by atoms with van der Waals surface area (Å²) < 4.78 is 0. The molecule has 2 N–H and O–H groups in total. The summed E-state index contributed by atoms with van der Waals surface area (Å²) in [5, 5.41) is 0. The van der Waals surface area contributed by atoms with E-state index in [1.165, 1.54) is 0 Å². The van der Waals surface area contributed by atoms with Crippen molar-refractivity contribution in [3.05, 3.63) is 36.5 Å². The van der Waals surface area contributed by atoms with Crippen molar-refractivity contribution in [3.8, 4) is 0 Å². The molecule has 2 rings (SSSR count). The SMILES string of the molecule is C=CC1CC(=O)N(Cc2ccnc(N)c2)C1. The average molecular weight is 217 g/mol. The van der Waals surface area contributed by atoms with Crippen LogP contribution in [0.15, 0.2) is 31.0 Å². The fourth-order valence-corrected chi connectivity index (χ4v) is 1.93. The third-order valence-corrected chi connectivity index (χ3v) is 2.80. The maximum atomic E-state index is 11.7. The number of amides is 1. The Bertz CT molecular complexity index is 416. The molecular weight excluding hydrogens is 202 g/mol. The van der Waals surface area contributed by atoms with Crippen molar-refractivity contribution in [2.24, 2.45) is 5.92 Å². The molecule has 1 aromatic heterocycles. The lowest BCUT2D eigenvalue weighted by Gasteiger charge is -2.16. The fourth-order valence-electron chi connectivity index (χ4n) is 1.93. The van der Waals surface area contributed by atoms with Gasteiger partial charge in [0, 0.05) is 31.6 Å². The third-order valence-electron chi connectivity index (χ3n) is 2.80. The summed E-state index contributed by atoms with van der Waals surface area (Å²) in [6, 6.07) is 3.68. The van der Waals surface area contributed by atoms with Crippen LogP contribution in [0.4, 0.5) is 5.82 Å². The van der Waals surface area contributed by atoms with Crippen molar-refractivity contribution >= 4 is 11.7 Å². The minimum absolute atomic E-state index is 0.181. The Hall–Kier alpha value is -1.84. The van der Waals surface area contributed by atoms with E-state index >= 15 is 0 Å². The number of likely N-dealkylation sites (tertiary alicyclic amines) is 1. The van der Waals surface area contributed by atoms with Crippen molar-refractivity contribution in [2.45, 2.75) is 13.0 Å². The van der Waals surface area contributed by atoms with E-state index < -0.39 is 0 Å². The maximum Gasteiger partial charge on any atom is 0.223 e. The molecule has 0 aliphatic carbocycles. The monoisotopic (exact) mass is 217 g/mol. The van der Waals surface area contributed by atoms with Gasteiger partial charge in [0.25, 0.3) is 0 Å². The highest BCUT2D eigenvalue weighted by atomic mass is 16.2. The molecular formula is C12H15N3O. The predicted molar refractivity (Wildman–Crippen MR) is 62.4 cm³/mol. The smallest absolute Gasteiger partial charge is 0.223 e. The normalized spacial score (nSPS) is 20.1. The van der Waals surface area contributed by atoms with Gasteiger partial charge in [-0.2, -0.15) is 0 Å². The summed E-state index contributed by atoms with van der Waals surface area (Å²) in [5.41, 5.74) is 6.61. The van der Waals surface area contributed by atoms with Crippen LogP contribution < -0.4 is 5.73 Å². The number of hydrogen-bond acceptors (Lipinski definition) is 3. The lowest BCUT2D eigenvalue weighted by atomic mass is 10.1. The number of rotatable bonds is 3. The number of pyridine rings is 1. The molecule has 1 saturated heterocycles. The second-order valence-electron chi connectivity index (χ2n) is 4.06. The van der Waals surface area contributed by atoms with Gasteiger partial charge in [0.05, 0.1) is 0 Å². The number of nitrogens with two attached hydrogens (primary N) is 1. The molecule has 1 atom stereocenters. The first-order valence-electron chi connectivity index (χ1n) is 5.30. The van der Waals surface area contributed by atoms with E-state index in [4.69, 9.17) is 5.73 Å². The summed E-state index contributed by atoms with van der Waals surface area (Å²) in [6.07, 6.45) is 4.08. The Balaban J connectivity index is 2.05. The van der Waals surface area contributed by atoms with Gasteiger partial charge in [-0.25, -0.2) is 4.98 Å². The second kappa shape index (κ2) is 4.35. The van der Waals surface area contributed by atoms with Gasteiger partial charge in [0.1, 0.15) is 5.82 Å². The number of hydrogen-bond donors (Lipinski definition) is 1. The molecule has 0 saturated carbocycles. The van der Waals surface area contributed by atoms with E-state index in [2.05, 4.69) is 11.6 Å². The summed E-state index contributed by atoms with van der Waals surface area (Å²) >= 11 is 0. The highest BCUT2D eigenvalue weighted by molar-refractivity contribution is 5.79. The molecule has 1 aromatic rings. The Labute approximate surface area is 94.8 Å². The number of carbonyl (C=O) groups is 1. The van der Waals surface area contributed by atoms with Gasteiger partial charge >= 0.3 is 0 Å². The van der Waals surface area contributed by atoms with Gasteiger partial charge < -0.3 is 10.6 Å². The van der Waals surface area contributed by atoms with E-state index in [-0.39, 0.29) is 11.8 Å². The highest BCUT2D eigenvalue weighted by Crippen LogP contribution is 2.20. The Morgan fingerprint density at radius 3 is 3.12 bits per heavy atom. The fraction of sp³-hybridized carbons (Fsp3) is 0.333. The van der Waals surface area contributed by atoms with Crippen molar-refractivity contribution in [2.75, 3.05) is 12.3 Å². The number of aromatic nitrogens is 1. The van der Waals surface area contributed by atoms with Crippen molar-refractivity contribution in [1.82, 2.24) is 9.88 Å². The molecule has 16 heavy (non-hydrogen) atoms. The Kier molecular flexibility index (Phi) is 2.90. The van der Waals surface area contributed by atoms with E-state index in [1.807, 2.05) is 17.0 Å². The van der Waals surface area contributed by atoms with Crippen LogP contribution in [0, 0.1) is 5.92 Å². The second-order valence-corrected chi connectivity index (χ2v) is 4.06. The average Bonchev–Trinajstić information content (AvgIpc) is 2.60. The van der Waals surface area contributed by atoms with Gasteiger partial charge in [-0.1, -0.05) is 6.08 Å². The largest absolute Gasteiger partial charge is 0.384 e. The molecule has 4 nitrogen and oxygen atoms in total. The lowest BCUT2D eigenvalue weighted by Crippen LogP contribution is -2.24. The van der Waals surface area contributed by atoms with Crippen LogP contribution in [0.25, 0.3) is 0 Å². The number of carbonyl (C=O) groups excluding carboxylic acids is 1. The Morgan fingerprint density at radius 2 is 2.50 bits per heavy atom. The zero-order chi connectivity index (χ0) is 11.5. The van der Waals surface area contributed by atoms with Crippen LogP contribution >= 0.6 is 0 Å². The first-order chi connectivity index (χ1) is 7.69. The molecule has 1 aliphatic heterocycles. The van der Waals surface area contributed by atoms with E-state index in [0.717, 1.165) is 12.1 Å². The quantitative estimate of drug-likeness (QED) is 0.774. The highest BCUT2D eigenvalue weighted by Gasteiger charge is 2.27. The lowest BCUT2D eigenvalue weighted by molar-refractivity contribution is -0.128. The van der Waals surface area contributed by atoms with Crippen LogP contribution in [0.5, 0.6) is 0 Å². The molecule has 1 aliphatic rings. The van der Waals surface area contributed by atoms with Crippen molar-refractivity contribution in [1.29, 1.82) is 0 Å². The molecule has 4 heteroatoms. The van der Waals surface area contributed by atoms with Crippen LogP contribution in [-0.2, 0) is 11.3 Å². The minimum atomic E-state index is 0.181. The predicted octanol–water partition coefficient (Wildman–Crippen LogP) is 1.20. The third kappa shape index (κ3) is 2.21. The van der Waals surface area contributed by atoms with Crippen molar-refractivity contribution < 1.29 is 4.79 Å². The number of nitrogen functional groups attached to an aromatic ring is 1. The standard InChI is InChI=1S/C12H15N3O/c1-2-9-6-12(16)15(7-9)8-10-3-4-14-11(13)5-10/h2-5,9H,1,6-8H2,(H2,13,14). The van der Waals surface area contributed by atoms with E-state index in [1.54, 1.807) is 12.3 Å². The summed E-state index contributed by atoms with van der Waals surface area (Å²) in [7, 11) is 0. The van der Waals surface area contributed by atoms with Crippen molar-refractivity contribution in [3.63, 3.8) is 0 Å². The molecule has 1 fully saturated rings. The van der Waals surface area contributed by atoms with Crippen LogP contribution in [-0.4, -0.2) is 22.3 Å². The first kappa shape index (κ1) is 10.7. The molecule has 0 radical (unpaired) electrons. The summed E-state index contributed by atoms with van der Waals surface area (Å²) in [6.45, 7) is 5.09. The summed E-state index contributed by atoms with van der Waals surface area (Å²) in [4.78, 5) is 17.4. The molecule has 1 unspecified atom stereocenters. The maximum absolute atomic E-state index is 11.7. The van der Waals surface area contributed by atoms with Crippen LogP contribution in [0.3, 0.4) is 0 Å². The first-order valence-corrected chi connectivity index (χ1v) is 5.30. The van der Waals surface area contributed by atoms with Gasteiger partial charge in [-0.15, -0.1) is 6.58 Å². The minimum Gasteiger partial charge on any atom is -0.384 e.